The lowest BCUT2D eigenvalue weighted by molar-refractivity contribution is -0.128. The zero-order valence-electron chi connectivity index (χ0n) is 16.1. The molecule has 2 amide bonds. The minimum atomic E-state index is -0.764. The summed E-state index contributed by atoms with van der Waals surface area (Å²) in [6, 6.07) is 4.03. The summed E-state index contributed by atoms with van der Waals surface area (Å²) < 4.78 is 14.0. The van der Waals surface area contributed by atoms with Gasteiger partial charge < -0.3 is 15.5 Å². The lowest BCUT2D eigenvalue weighted by atomic mass is 9.80. The van der Waals surface area contributed by atoms with Gasteiger partial charge in [0.25, 0.3) is 5.91 Å². The number of carbonyl (C=O) groups is 2. The summed E-state index contributed by atoms with van der Waals surface area (Å²) in [5.41, 5.74) is 5.90. The van der Waals surface area contributed by atoms with Crippen LogP contribution < -0.4 is 10.6 Å². The fourth-order valence-electron chi connectivity index (χ4n) is 4.41. The summed E-state index contributed by atoms with van der Waals surface area (Å²) in [5.74, 6) is -1.04. The Hall–Kier alpha value is -2.00. The van der Waals surface area contributed by atoms with Crippen molar-refractivity contribution in [3.8, 4) is 10.4 Å². The van der Waals surface area contributed by atoms with Crippen LogP contribution in [0, 0.1) is 18.2 Å². The van der Waals surface area contributed by atoms with E-state index in [0.29, 0.717) is 32.9 Å². The van der Waals surface area contributed by atoms with Gasteiger partial charge in [-0.15, -0.1) is 0 Å². The molecule has 3 atom stereocenters. The van der Waals surface area contributed by atoms with Crippen LogP contribution in [0.15, 0.2) is 22.7 Å². The molecule has 153 valence electrons. The third kappa shape index (κ3) is 3.06. The number of hydrogen-bond donors (Lipinski definition) is 1. The maximum absolute atomic E-state index is 13.7. The van der Waals surface area contributed by atoms with Gasteiger partial charge in [-0.2, -0.15) is 0 Å². The molecule has 2 fully saturated rings. The molecule has 4 rings (SSSR count). The van der Waals surface area contributed by atoms with E-state index in [0.717, 1.165) is 6.42 Å². The molecule has 1 aliphatic heterocycles. The molecule has 0 unspecified atom stereocenters. The van der Waals surface area contributed by atoms with Gasteiger partial charge >= 0.3 is 0 Å². The van der Waals surface area contributed by atoms with E-state index in [1.54, 1.807) is 17.0 Å². The largest absolute Gasteiger partial charge is 0.369 e. The van der Waals surface area contributed by atoms with E-state index in [2.05, 4.69) is 27.8 Å². The second-order valence-corrected chi connectivity index (χ2v) is 9.67. The van der Waals surface area contributed by atoms with Gasteiger partial charge in [-0.05, 0) is 59.8 Å². The summed E-state index contributed by atoms with van der Waals surface area (Å²) in [6.45, 7) is 4.12. The predicted octanol–water partition coefficient (Wildman–Crippen LogP) is 3.46. The van der Waals surface area contributed by atoms with E-state index in [-0.39, 0.29) is 23.5 Å². The first kappa shape index (κ1) is 20.3. The van der Waals surface area contributed by atoms with Crippen LogP contribution in [-0.4, -0.2) is 47.9 Å². The summed E-state index contributed by atoms with van der Waals surface area (Å²) in [4.78, 5) is 34.4. The first-order chi connectivity index (χ1) is 13.7. The van der Waals surface area contributed by atoms with Crippen LogP contribution >= 0.6 is 27.3 Å². The van der Waals surface area contributed by atoms with Crippen LogP contribution in [-0.2, 0) is 4.79 Å². The predicted molar refractivity (Wildman–Crippen MR) is 114 cm³/mol. The van der Waals surface area contributed by atoms with E-state index in [1.807, 2.05) is 19.0 Å². The number of hydrogen-bond acceptors (Lipinski definition) is 5. The Morgan fingerprint density at radius 2 is 2.17 bits per heavy atom. The van der Waals surface area contributed by atoms with Gasteiger partial charge in [0.05, 0.1) is 14.8 Å². The molecule has 0 spiro atoms. The number of likely N-dealkylation sites (tertiary alicyclic amines) is 1. The molecule has 2 N–H and O–H groups in total. The van der Waals surface area contributed by atoms with E-state index in [9.17, 15) is 14.0 Å². The molecule has 1 saturated heterocycles. The Morgan fingerprint density at radius 1 is 1.45 bits per heavy atom. The number of aromatic nitrogens is 1. The molecule has 6 nitrogen and oxygen atoms in total. The van der Waals surface area contributed by atoms with E-state index in [1.165, 1.54) is 17.4 Å². The zero-order chi connectivity index (χ0) is 21.1. The highest BCUT2D eigenvalue weighted by Gasteiger charge is 2.60. The first-order valence-corrected chi connectivity index (χ1v) is 10.9. The van der Waals surface area contributed by atoms with Crippen LogP contribution in [0.5, 0.6) is 0 Å². The van der Waals surface area contributed by atoms with Crippen LogP contribution in [0.2, 0.25) is 0 Å². The quantitative estimate of drug-likeness (QED) is 0.727. The number of piperidine rings is 1. The number of benzene rings is 1. The minimum absolute atomic E-state index is 0.0742. The number of nitrogens with zero attached hydrogens (tertiary/aromatic N) is 3. The number of nitrogens with two attached hydrogens (primary N) is 1. The van der Waals surface area contributed by atoms with Gasteiger partial charge in [-0.25, -0.2) is 9.37 Å². The minimum Gasteiger partial charge on any atom is -0.369 e. The number of primary amides is 1. The normalized spacial score (nSPS) is 25.5. The standard InChI is InChI=1S/C20H21BrFN4O2S/c1-10-20(18(23)28)7-6-12(9-20)26(10)17(27)15-16(29-19(24-15)25(2)3)11-4-5-14(22)13(21)8-11/h4-5,8,10,12H,1,6-7,9H2,2-3H3,(H2,23,28)/t10-,12+,20-/m1/s1. The highest BCUT2D eigenvalue weighted by molar-refractivity contribution is 9.10. The zero-order valence-corrected chi connectivity index (χ0v) is 18.5. The molecule has 1 aliphatic carbocycles. The maximum atomic E-state index is 13.7. The van der Waals surface area contributed by atoms with E-state index < -0.39 is 17.4 Å². The summed E-state index contributed by atoms with van der Waals surface area (Å²) in [5, 5.41) is 0.665. The topological polar surface area (TPSA) is 79.5 Å². The van der Waals surface area contributed by atoms with Gasteiger partial charge in [0.15, 0.2) is 5.13 Å². The third-order valence-electron chi connectivity index (χ3n) is 6.00. The first-order valence-electron chi connectivity index (χ1n) is 9.25. The van der Waals surface area contributed by atoms with Crippen molar-refractivity contribution in [3.63, 3.8) is 0 Å². The Kier molecular flexibility index (Phi) is 4.93. The molecule has 1 aromatic heterocycles. The van der Waals surface area contributed by atoms with E-state index >= 15 is 0 Å². The van der Waals surface area contributed by atoms with Crippen LogP contribution in [0.3, 0.4) is 0 Å². The van der Waals surface area contributed by atoms with Gasteiger partial charge in [-0.3, -0.25) is 9.59 Å². The van der Waals surface area contributed by atoms with Gasteiger partial charge in [0.2, 0.25) is 5.91 Å². The number of halogens is 2. The van der Waals surface area contributed by atoms with Crippen molar-refractivity contribution >= 4 is 44.2 Å². The lowest BCUT2D eigenvalue weighted by Crippen LogP contribution is -2.51. The summed E-state index contributed by atoms with van der Waals surface area (Å²) in [6.07, 6.45) is 1.93. The molecule has 2 aromatic rings. The second-order valence-electron chi connectivity index (χ2n) is 7.84. The maximum Gasteiger partial charge on any atom is 0.274 e. The van der Waals surface area contributed by atoms with Crippen molar-refractivity contribution in [1.82, 2.24) is 9.88 Å². The Labute approximate surface area is 181 Å². The highest BCUT2D eigenvalue weighted by Crippen LogP contribution is 2.52. The monoisotopic (exact) mass is 479 g/mol. The Bertz CT molecular complexity index is 1010. The second kappa shape index (κ2) is 7.05. The van der Waals surface area contributed by atoms with Crippen LogP contribution in [0.1, 0.15) is 29.8 Å². The number of anilines is 1. The molecule has 1 radical (unpaired) electrons. The average Bonchev–Trinajstić information content (AvgIpc) is 3.35. The van der Waals surface area contributed by atoms with Crippen molar-refractivity contribution < 1.29 is 14.0 Å². The number of thiazole rings is 1. The SMILES string of the molecule is [CH2][C@H]1N(C(=O)c2nc(N(C)C)sc2-c2ccc(F)c(Br)c2)[C@H]2CC[C@@]1(C(N)=O)C2. The number of carbonyl (C=O) groups excluding carboxylic acids is 2. The fourth-order valence-corrected chi connectivity index (χ4v) is 5.76. The summed E-state index contributed by atoms with van der Waals surface area (Å²) >= 11 is 4.57. The van der Waals surface area contributed by atoms with E-state index in [4.69, 9.17) is 5.73 Å². The summed E-state index contributed by atoms with van der Waals surface area (Å²) in [7, 11) is 3.70. The fraction of sp³-hybridized carbons (Fsp3) is 0.400. The number of rotatable bonds is 4. The molecule has 1 aromatic carbocycles. The van der Waals surface area contributed by atoms with Gasteiger partial charge in [0, 0.05) is 26.2 Å². The lowest BCUT2D eigenvalue weighted by Gasteiger charge is -2.37. The molecule has 29 heavy (non-hydrogen) atoms. The average molecular weight is 480 g/mol. The van der Waals surface area contributed by atoms with Crippen molar-refractivity contribution in [2.45, 2.75) is 31.3 Å². The third-order valence-corrected chi connectivity index (χ3v) is 7.88. The van der Waals surface area contributed by atoms with Crippen LogP contribution in [0.4, 0.5) is 9.52 Å². The molecule has 1 saturated carbocycles. The molecule has 2 bridgehead atoms. The van der Waals surface area contributed by atoms with Gasteiger partial charge in [0.1, 0.15) is 11.5 Å². The van der Waals surface area contributed by atoms with Gasteiger partial charge in [-0.1, -0.05) is 17.4 Å². The molecule has 9 heteroatoms. The van der Waals surface area contributed by atoms with Crippen molar-refractivity contribution in [3.05, 3.63) is 41.1 Å². The highest BCUT2D eigenvalue weighted by atomic mass is 79.9. The molecular weight excluding hydrogens is 459 g/mol. The van der Waals surface area contributed by atoms with Crippen molar-refractivity contribution in [2.24, 2.45) is 11.1 Å². The number of amides is 2. The van der Waals surface area contributed by atoms with Crippen molar-refractivity contribution in [2.75, 3.05) is 19.0 Å². The number of fused-ring (bicyclic) bond motifs is 2. The molecular formula is C20H21BrFN4O2S. The Morgan fingerprint density at radius 3 is 2.76 bits per heavy atom. The van der Waals surface area contributed by atoms with Crippen molar-refractivity contribution in [1.29, 1.82) is 0 Å². The molecule has 2 heterocycles. The van der Waals surface area contributed by atoms with Crippen LogP contribution in [0.25, 0.3) is 10.4 Å². The smallest absolute Gasteiger partial charge is 0.274 e. The Balaban J connectivity index is 1.78. The molecule has 2 aliphatic rings.